The Bertz CT molecular complexity index is 2090. The van der Waals surface area contributed by atoms with Gasteiger partial charge in [0, 0.05) is 65.7 Å². The van der Waals surface area contributed by atoms with Crippen LogP contribution in [0.25, 0.3) is 12.2 Å². The number of hydrogen-bond acceptors (Lipinski definition) is 18. The van der Waals surface area contributed by atoms with Crippen molar-refractivity contribution >= 4 is 79.5 Å². The summed E-state index contributed by atoms with van der Waals surface area (Å²) in [6, 6.07) is 8.30. The highest BCUT2D eigenvalue weighted by atomic mass is 32.2. The molecule has 4 N–H and O–H groups in total. The van der Waals surface area contributed by atoms with Crippen molar-refractivity contribution in [3.63, 3.8) is 0 Å². The van der Waals surface area contributed by atoms with Crippen LogP contribution in [0.5, 0.6) is 0 Å². The van der Waals surface area contributed by atoms with E-state index in [0.29, 0.717) is 76.4 Å². The van der Waals surface area contributed by atoms with Gasteiger partial charge in [-0.2, -0.15) is 46.7 Å². The third kappa shape index (κ3) is 9.45. The molecular formula is C32H40N12O8S2. The van der Waals surface area contributed by atoms with Crippen LogP contribution in [0, 0.1) is 0 Å². The third-order valence-electron chi connectivity index (χ3n) is 8.15. The fourth-order valence-corrected chi connectivity index (χ4v) is 6.83. The van der Waals surface area contributed by atoms with Crippen LogP contribution < -0.4 is 30.2 Å². The number of aromatic nitrogens is 6. The molecule has 0 aliphatic carbocycles. The van der Waals surface area contributed by atoms with Gasteiger partial charge >= 0.3 is 0 Å². The maximum Gasteiger partial charge on any atom is 0.295 e. The Kier molecular flexibility index (Phi) is 11.4. The van der Waals surface area contributed by atoms with E-state index in [1.165, 1.54) is 36.4 Å². The topological polar surface area (TPSA) is 242 Å². The molecule has 54 heavy (non-hydrogen) atoms. The van der Waals surface area contributed by atoms with Gasteiger partial charge in [-0.25, -0.2) is 0 Å². The van der Waals surface area contributed by atoms with Crippen LogP contribution in [-0.4, -0.2) is 137 Å². The van der Waals surface area contributed by atoms with Crippen LogP contribution in [0.15, 0.2) is 46.2 Å². The van der Waals surface area contributed by atoms with Gasteiger partial charge in [-0.15, -0.1) is 0 Å². The van der Waals surface area contributed by atoms with E-state index in [2.05, 4.69) is 40.5 Å². The first kappa shape index (κ1) is 38.5. The molecule has 0 bridgehead atoms. The number of hydrogen-bond donors (Lipinski definition) is 4. The summed E-state index contributed by atoms with van der Waals surface area (Å²) < 4.78 is 81.5. The molecule has 2 aromatic heterocycles. The van der Waals surface area contributed by atoms with Crippen LogP contribution in [-0.2, 0) is 29.7 Å². The third-order valence-corrected chi connectivity index (χ3v) is 9.97. The second kappa shape index (κ2) is 16.0. The normalized spacial score (nSPS) is 15.4. The van der Waals surface area contributed by atoms with Crippen LogP contribution in [0.4, 0.5) is 47.1 Å². The highest BCUT2D eigenvalue weighted by molar-refractivity contribution is 7.86. The number of morpholine rings is 2. The Morgan fingerprint density at radius 3 is 1.31 bits per heavy atom. The van der Waals surface area contributed by atoms with Crippen molar-refractivity contribution in [2.75, 3.05) is 111 Å². The fourth-order valence-electron chi connectivity index (χ4n) is 5.41. The fraction of sp³-hybridized carbons (Fsp3) is 0.375. The van der Waals surface area contributed by atoms with Gasteiger partial charge in [0.05, 0.1) is 26.4 Å². The molecule has 2 aromatic carbocycles. The van der Waals surface area contributed by atoms with E-state index in [-0.39, 0.29) is 34.4 Å². The first-order chi connectivity index (χ1) is 25.6. The molecule has 4 heterocycles. The zero-order valence-corrected chi connectivity index (χ0v) is 31.5. The van der Waals surface area contributed by atoms with Gasteiger partial charge < -0.3 is 39.7 Å². The maximum absolute atomic E-state index is 12.6. The summed E-state index contributed by atoms with van der Waals surface area (Å²) in [4.78, 5) is 33.2. The van der Waals surface area contributed by atoms with Gasteiger partial charge in [0.25, 0.3) is 20.2 Å². The van der Waals surface area contributed by atoms with Crippen LogP contribution in [0.3, 0.4) is 0 Å². The monoisotopic (exact) mass is 784 g/mol. The second-order valence-corrected chi connectivity index (χ2v) is 15.3. The molecule has 6 rings (SSSR count). The standard InChI is InChI=1S/C32H40N12O8S2/c1-41(2)29-35-27(37-31(39-29)43-11-15-51-16-12-43)33-23-9-7-21(25(19-23)53(45,46)47)5-6-22-8-10-24(20-26(22)54(48,49)50)34-28-36-30(42(3)4)40-32(38-28)44-13-17-52-18-14-44/h5-10,19-20H,11-18H2,1-4H3,(H,45,46,47)(H,48,49,50)(H,33,35,37,39)(H,34,36,38,40). The molecule has 0 radical (unpaired) electrons. The molecule has 0 amide bonds. The molecule has 22 heteroatoms. The molecule has 0 unspecified atom stereocenters. The molecule has 2 aliphatic rings. The number of anilines is 8. The first-order valence-electron chi connectivity index (χ1n) is 16.6. The number of rotatable bonds is 12. The Morgan fingerprint density at radius 2 is 0.981 bits per heavy atom. The summed E-state index contributed by atoms with van der Waals surface area (Å²) in [5, 5.41) is 5.98. The van der Waals surface area contributed by atoms with Gasteiger partial charge in [-0.05, 0) is 35.4 Å². The van der Waals surface area contributed by atoms with Crippen molar-refractivity contribution in [1.82, 2.24) is 29.9 Å². The lowest BCUT2D eigenvalue weighted by Gasteiger charge is -2.27. The Morgan fingerprint density at radius 1 is 0.611 bits per heavy atom. The molecule has 2 fully saturated rings. The number of nitrogens with one attached hydrogen (secondary N) is 2. The summed E-state index contributed by atoms with van der Waals surface area (Å²) >= 11 is 0. The minimum atomic E-state index is -4.79. The van der Waals surface area contributed by atoms with Gasteiger partial charge in [-0.3, -0.25) is 9.11 Å². The Balaban J connectivity index is 1.28. The molecule has 4 aromatic rings. The van der Waals surface area contributed by atoms with Crippen LogP contribution in [0.2, 0.25) is 0 Å². The highest BCUT2D eigenvalue weighted by Crippen LogP contribution is 2.29. The quantitative estimate of drug-likeness (QED) is 0.119. The van der Waals surface area contributed by atoms with Crippen molar-refractivity contribution in [3.05, 3.63) is 47.5 Å². The van der Waals surface area contributed by atoms with Crippen molar-refractivity contribution < 1.29 is 35.4 Å². The minimum absolute atomic E-state index is 0.0298. The van der Waals surface area contributed by atoms with Crippen LogP contribution in [0.1, 0.15) is 11.1 Å². The van der Waals surface area contributed by atoms with Gasteiger partial charge in [0.1, 0.15) is 9.79 Å². The van der Waals surface area contributed by atoms with Crippen molar-refractivity contribution in [1.29, 1.82) is 0 Å². The molecule has 2 aliphatic heterocycles. The zero-order valence-electron chi connectivity index (χ0n) is 29.9. The van der Waals surface area contributed by atoms with Crippen molar-refractivity contribution in [3.8, 4) is 0 Å². The maximum atomic E-state index is 12.6. The van der Waals surface area contributed by atoms with E-state index in [9.17, 15) is 25.9 Å². The SMILES string of the molecule is CN(C)c1nc(Nc2ccc(C=Cc3ccc(Nc4nc(N(C)C)nc(N5CCOCC5)n4)cc3S(=O)(=O)O)c(S(=O)(=O)O)c2)nc(N2CCOCC2)n1. The minimum Gasteiger partial charge on any atom is -0.378 e. The highest BCUT2D eigenvalue weighted by Gasteiger charge is 2.22. The second-order valence-electron chi connectivity index (χ2n) is 12.5. The van der Waals surface area contributed by atoms with E-state index in [0.717, 1.165) is 0 Å². The lowest BCUT2D eigenvalue weighted by atomic mass is 10.1. The number of nitrogens with zero attached hydrogens (tertiary/aromatic N) is 10. The van der Waals surface area contributed by atoms with E-state index < -0.39 is 30.0 Å². The largest absolute Gasteiger partial charge is 0.378 e. The zero-order chi connectivity index (χ0) is 38.6. The number of ether oxygens (including phenoxy) is 2. The molecular weight excluding hydrogens is 745 g/mol. The Labute approximate surface area is 312 Å². The Hall–Kier alpha value is -5.26. The molecule has 0 atom stereocenters. The van der Waals surface area contributed by atoms with E-state index in [1.54, 1.807) is 50.1 Å². The van der Waals surface area contributed by atoms with Crippen LogP contribution >= 0.6 is 0 Å². The molecule has 0 saturated carbocycles. The van der Waals surface area contributed by atoms with Gasteiger partial charge in [-0.1, -0.05) is 24.3 Å². The van der Waals surface area contributed by atoms with Gasteiger partial charge in [0.15, 0.2) is 0 Å². The average Bonchev–Trinajstić information content (AvgIpc) is 3.14. The lowest BCUT2D eigenvalue weighted by molar-refractivity contribution is 0.122. The molecule has 0 spiro atoms. The summed E-state index contributed by atoms with van der Waals surface area (Å²) in [6.07, 6.45) is 2.61. The molecule has 288 valence electrons. The predicted molar refractivity (Wildman–Crippen MR) is 202 cm³/mol. The van der Waals surface area contributed by atoms with Crippen molar-refractivity contribution in [2.45, 2.75) is 9.79 Å². The van der Waals surface area contributed by atoms with E-state index in [1.807, 2.05) is 9.80 Å². The summed E-state index contributed by atoms with van der Waals surface area (Å²) in [7, 11) is -2.48. The van der Waals surface area contributed by atoms with E-state index >= 15 is 0 Å². The summed E-state index contributed by atoms with van der Waals surface area (Å²) in [5.74, 6) is 1.83. The first-order valence-corrected chi connectivity index (χ1v) is 19.5. The predicted octanol–water partition coefficient (Wildman–Crippen LogP) is 2.01. The van der Waals surface area contributed by atoms with Crippen molar-refractivity contribution in [2.24, 2.45) is 0 Å². The average molecular weight is 785 g/mol. The summed E-state index contributed by atoms with van der Waals surface area (Å²) in [5.41, 5.74) is 0.541. The number of benzene rings is 2. The lowest BCUT2D eigenvalue weighted by Crippen LogP contribution is -2.37. The molecule has 2 saturated heterocycles. The van der Waals surface area contributed by atoms with Gasteiger partial charge in [0.2, 0.25) is 35.7 Å². The smallest absolute Gasteiger partial charge is 0.295 e. The summed E-state index contributed by atoms with van der Waals surface area (Å²) in [6.45, 7) is 4.37. The van der Waals surface area contributed by atoms with E-state index in [4.69, 9.17) is 9.47 Å². The molecule has 20 nitrogen and oxygen atoms in total.